The first-order chi connectivity index (χ1) is 10.1. The average molecular weight is 308 g/mol. The molecule has 1 aliphatic heterocycles. The van der Waals surface area contributed by atoms with E-state index in [0.29, 0.717) is 6.04 Å². The van der Waals surface area contributed by atoms with Gasteiger partial charge in [0, 0.05) is 42.3 Å². The molecule has 2 aliphatic rings. The maximum atomic E-state index is 11.3. The molecule has 0 aromatic heterocycles. The lowest BCUT2D eigenvalue weighted by Crippen LogP contribution is -2.39. The van der Waals surface area contributed by atoms with E-state index < -0.39 is 0 Å². The van der Waals surface area contributed by atoms with Crippen LogP contribution in [-0.4, -0.2) is 25.0 Å². The third-order valence-electron chi connectivity index (χ3n) is 4.44. The lowest BCUT2D eigenvalue weighted by Gasteiger charge is -2.34. The van der Waals surface area contributed by atoms with E-state index in [9.17, 15) is 4.79 Å². The number of halogens is 1. The van der Waals surface area contributed by atoms with E-state index in [-0.39, 0.29) is 11.8 Å². The van der Waals surface area contributed by atoms with Gasteiger partial charge in [-0.2, -0.15) is 0 Å². The highest BCUT2D eigenvalue weighted by atomic mass is 35.5. The minimum absolute atomic E-state index is 0.0217. The van der Waals surface area contributed by atoms with Crippen LogP contribution in [0.4, 0.5) is 5.69 Å². The van der Waals surface area contributed by atoms with Crippen LogP contribution in [0.15, 0.2) is 18.2 Å². The van der Waals surface area contributed by atoms with E-state index in [1.54, 1.807) is 0 Å². The van der Waals surface area contributed by atoms with Crippen LogP contribution < -0.4 is 16.0 Å². The molecule has 5 heteroatoms. The zero-order valence-corrected chi connectivity index (χ0v) is 12.9. The van der Waals surface area contributed by atoms with Crippen LogP contribution in [0.25, 0.3) is 0 Å². The molecule has 1 aromatic rings. The van der Waals surface area contributed by atoms with Gasteiger partial charge in [0.05, 0.1) is 0 Å². The number of hydrogen-bond acceptors (Lipinski definition) is 3. The summed E-state index contributed by atoms with van der Waals surface area (Å²) in [6.45, 7) is 2.61. The molecule has 1 aromatic carbocycles. The number of nitrogens with zero attached hydrogens (tertiary/aromatic N) is 1. The summed E-state index contributed by atoms with van der Waals surface area (Å²) >= 11 is 6.17. The largest absolute Gasteiger partial charge is 0.371 e. The number of primary amides is 1. The topological polar surface area (TPSA) is 58.4 Å². The van der Waals surface area contributed by atoms with Gasteiger partial charge in [0.1, 0.15) is 0 Å². The van der Waals surface area contributed by atoms with Gasteiger partial charge < -0.3 is 16.0 Å². The van der Waals surface area contributed by atoms with E-state index in [2.05, 4.69) is 16.3 Å². The van der Waals surface area contributed by atoms with Crippen molar-refractivity contribution in [2.75, 3.05) is 18.0 Å². The molecule has 3 N–H and O–H groups in total. The summed E-state index contributed by atoms with van der Waals surface area (Å²) in [6, 6.07) is 6.78. The van der Waals surface area contributed by atoms with E-state index in [1.165, 1.54) is 24.1 Å². The minimum Gasteiger partial charge on any atom is -0.371 e. The minimum atomic E-state index is -0.170. The normalized spacial score (nSPS) is 19.8. The molecule has 1 saturated carbocycles. The van der Waals surface area contributed by atoms with Crippen molar-refractivity contribution in [2.45, 2.75) is 38.3 Å². The first-order valence-electron chi connectivity index (χ1n) is 7.69. The number of piperidine rings is 1. The summed E-state index contributed by atoms with van der Waals surface area (Å²) in [5.74, 6) is -0.148. The van der Waals surface area contributed by atoms with E-state index in [1.807, 2.05) is 12.1 Å². The van der Waals surface area contributed by atoms with Crippen LogP contribution in [0, 0.1) is 5.92 Å². The van der Waals surface area contributed by atoms with Crippen LogP contribution in [0.3, 0.4) is 0 Å². The Morgan fingerprint density at radius 3 is 2.62 bits per heavy atom. The Morgan fingerprint density at radius 2 is 2.00 bits per heavy atom. The van der Waals surface area contributed by atoms with Crippen LogP contribution >= 0.6 is 11.6 Å². The number of benzene rings is 1. The van der Waals surface area contributed by atoms with Crippen LogP contribution in [0.5, 0.6) is 0 Å². The second kappa shape index (κ2) is 6.24. The van der Waals surface area contributed by atoms with Gasteiger partial charge in [-0.25, -0.2) is 0 Å². The predicted octanol–water partition coefficient (Wildman–Crippen LogP) is 2.29. The van der Waals surface area contributed by atoms with Crippen LogP contribution in [0.1, 0.15) is 31.2 Å². The van der Waals surface area contributed by atoms with Gasteiger partial charge >= 0.3 is 0 Å². The van der Waals surface area contributed by atoms with E-state index in [0.717, 1.165) is 37.5 Å². The fraction of sp³-hybridized carbons (Fsp3) is 0.562. The molecule has 0 spiro atoms. The first kappa shape index (κ1) is 14.7. The van der Waals surface area contributed by atoms with Crippen molar-refractivity contribution in [1.82, 2.24) is 5.32 Å². The Bertz CT molecular complexity index is 522. The van der Waals surface area contributed by atoms with Gasteiger partial charge in [-0.1, -0.05) is 17.7 Å². The fourth-order valence-corrected chi connectivity index (χ4v) is 3.09. The van der Waals surface area contributed by atoms with Crippen molar-refractivity contribution in [3.63, 3.8) is 0 Å². The molecule has 1 saturated heterocycles. The maximum absolute atomic E-state index is 11.3. The predicted molar refractivity (Wildman–Crippen MR) is 85.4 cm³/mol. The average Bonchev–Trinajstić information content (AvgIpc) is 3.30. The Balaban J connectivity index is 1.70. The standard InChI is InChI=1S/C16H22ClN3O/c17-13-2-1-12(10-19-14-3-4-14)15(9-13)20-7-5-11(6-8-20)16(18)21/h1-2,9,11,14,19H,3-8,10H2,(H2,18,21). The summed E-state index contributed by atoms with van der Waals surface area (Å²) in [5.41, 5.74) is 7.88. The molecular formula is C16H22ClN3O. The lowest BCUT2D eigenvalue weighted by molar-refractivity contribution is -0.122. The summed E-state index contributed by atoms with van der Waals surface area (Å²) < 4.78 is 0. The van der Waals surface area contributed by atoms with Gasteiger partial charge in [-0.15, -0.1) is 0 Å². The number of carbonyl (C=O) groups excluding carboxylic acids is 1. The van der Waals surface area contributed by atoms with Gasteiger partial charge in [0.2, 0.25) is 5.91 Å². The van der Waals surface area contributed by atoms with Gasteiger partial charge in [0.15, 0.2) is 0 Å². The summed E-state index contributed by atoms with van der Waals surface area (Å²) in [6.07, 6.45) is 4.23. The highest BCUT2D eigenvalue weighted by Gasteiger charge is 2.25. The third-order valence-corrected chi connectivity index (χ3v) is 4.68. The van der Waals surface area contributed by atoms with Gasteiger partial charge in [-0.05, 0) is 43.4 Å². The number of rotatable bonds is 5. The summed E-state index contributed by atoms with van der Waals surface area (Å²) in [5, 5.41) is 4.32. The van der Waals surface area contributed by atoms with Crippen molar-refractivity contribution in [3.05, 3.63) is 28.8 Å². The number of amides is 1. The van der Waals surface area contributed by atoms with Crippen LogP contribution in [-0.2, 0) is 11.3 Å². The Kier molecular flexibility index (Phi) is 4.36. The molecule has 0 atom stereocenters. The van der Waals surface area contributed by atoms with E-state index >= 15 is 0 Å². The maximum Gasteiger partial charge on any atom is 0.220 e. The quantitative estimate of drug-likeness (QED) is 0.877. The van der Waals surface area contributed by atoms with Crippen molar-refractivity contribution in [2.24, 2.45) is 11.7 Å². The number of nitrogens with one attached hydrogen (secondary N) is 1. The smallest absolute Gasteiger partial charge is 0.220 e. The highest BCUT2D eigenvalue weighted by Crippen LogP contribution is 2.30. The van der Waals surface area contributed by atoms with Crippen LogP contribution in [0.2, 0.25) is 5.02 Å². The molecule has 1 amide bonds. The van der Waals surface area contributed by atoms with Crippen molar-refractivity contribution < 1.29 is 4.79 Å². The Hall–Kier alpha value is -1.26. The molecule has 0 radical (unpaired) electrons. The molecule has 21 heavy (non-hydrogen) atoms. The molecule has 4 nitrogen and oxygen atoms in total. The number of anilines is 1. The molecule has 3 rings (SSSR count). The lowest BCUT2D eigenvalue weighted by atomic mass is 9.95. The number of hydrogen-bond donors (Lipinski definition) is 2. The van der Waals surface area contributed by atoms with Crippen molar-refractivity contribution in [3.8, 4) is 0 Å². The van der Waals surface area contributed by atoms with E-state index in [4.69, 9.17) is 17.3 Å². The Labute approximate surface area is 130 Å². The first-order valence-corrected chi connectivity index (χ1v) is 8.07. The number of nitrogens with two attached hydrogens (primary N) is 1. The molecule has 114 valence electrons. The van der Waals surface area contributed by atoms with Crippen molar-refractivity contribution >= 4 is 23.2 Å². The Morgan fingerprint density at radius 1 is 1.29 bits per heavy atom. The second-order valence-corrected chi connectivity index (χ2v) is 6.53. The zero-order chi connectivity index (χ0) is 14.8. The highest BCUT2D eigenvalue weighted by molar-refractivity contribution is 6.30. The molecule has 0 unspecified atom stereocenters. The SMILES string of the molecule is NC(=O)C1CCN(c2cc(Cl)ccc2CNC2CC2)CC1. The third kappa shape index (κ3) is 3.69. The molecule has 2 fully saturated rings. The fourth-order valence-electron chi connectivity index (χ4n) is 2.93. The second-order valence-electron chi connectivity index (χ2n) is 6.09. The summed E-state index contributed by atoms with van der Waals surface area (Å²) in [4.78, 5) is 13.6. The van der Waals surface area contributed by atoms with Gasteiger partial charge in [0.25, 0.3) is 0 Å². The summed E-state index contributed by atoms with van der Waals surface area (Å²) in [7, 11) is 0. The molecule has 1 heterocycles. The molecule has 1 aliphatic carbocycles. The molecule has 0 bridgehead atoms. The zero-order valence-electron chi connectivity index (χ0n) is 12.1. The van der Waals surface area contributed by atoms with Gasteiger partial charge in [-0.3, -0.25) is 4.79 Å². The monoisotopic (exact) mass is 307 g/mol. The molecular weight excluding hydrogens is 286 g/mol. The van der Waals surface area contributed by atoms with Crippen molar-refractivity contribution in [1.29, 1.82) is 0 Å². The number of carbonyl (C=O) groups is 1.